The van der Waals surface area contributed by atoms with Gasteiger partial charge >= 0.3 is 25.7 Å². The zero-order chi connectivity index (χ0) is 73.2. The molecule has 3 rings (SSSR count). The third-order valence-corrected chi connectivity index (χ3v) is 20.9. The molecule has 3 fully saturated rings. The van der Waals surface area contributed by atoms with Gasteiger partial charge in [-0.15, -0.1) is 0 Å². The summed E-state index contributed by atoms with van der Waals surface area (Å²) in [6.45, 7) is 3.49. The van der Waals surface area contributed by atoms with Crippen molar-refractivity contribution in [1.29, 1.82) is 0 Å². The second kappa shape index (κ2) is 57.2. The number of ether oxygens (including phenoxy) is 7. The van der Waals surface area contributed by atoms with E-state index in [1.54, 1.807) is 0 Å². The quantitative estimate of drug-likeness (QED) is 0.0117. The number of esters is 3. The summed E-state index contributed by atoms with van der Waals surface area (Å²) in [4.78, 5) is 51.1. The molecule has 11 N–H and O–H groups in total. The van der Waals surface area contributed by atoms with Crippen molar-refractivity contribution in [3.63, 3.8) is 0 Å². The van der Waals surface area contributed by atoms with Gasteiger partial charge in [-0.05, 0) is 19.3 Å². The molecule has 2 saturated heterocycles. The van der Waals surface area contributed by atoms with Gasteiger partial charge in [0, 0.05) is 19.3 Å². The molecule has 0 aromatic rings. The molecular formula is C75H141O24P. The van der Waals surface area contributed by atoms with E-state index in [0.29, 0.717) is 19.3 Å². The Hall–Kier alpha value is -2.04. The van der Waals surface area contributed by atoms with Gasteiger partial charge in [0.1, 0.15) is 98.7 Å². The first-order valence-corrected chi connectivity index (χ1v) is 41.3. The van der Waals surface area contributed by atoms with Crippen LogP contribution in [-0.2, 0) is 61.2 Å². The van der Waals surface area contributed by atoms with Crippen molar-refractivity contribution in [3.8, 4) is 0 Å². The zero-order valence-corrected chi connectivity index (χ0v) is 62.7. The fraction of sp³-hybridized carbons (Fsp3) is 0.960. The largest absolute Gasteiger partial charge is 0.472 e. The molecule has 24 nitrogen and oxygen atoms in total. The van der Waals surface area contributed by atoms with Crippen molar-refractivity contribution in [2.45, 2.75) is 433 Å². The molecule has 1 saturated carbocycles. The van der Waals surface area contributed by atoms with Gasteiger partial charge in [-0.1, -0.05) is 290 Å². The highest BCUT2D eigenvalue weighted by Gasteiger charge is 2.58. The van der Waals surface area contributed by atoms with Gasteiger partial charge in [-0.2, -0.15) is 0 Å². The van der Waals surface area contributed by atoms with E-state index in [0.717, 1.165) is 89.9 Å². The average molecular weight is 1460 g/mol. The van der Waals surface area contributed by atoms with E-state index in [2.05, 4.69) is 20.8 Å². The first-order valence-electron chi connectivity index (χ1n) is 39.8. The number of phosphoric ester groups is 1. The summed E-state index contributed by atoms with van der Waals surface area (Å²) < 4.78 is 65.1. The van der Waals surface area contributed by atoms with Crippen LogP contribution in [0.4, 0.5) is 0 Å². The Morgan fingerprint density at radius 2 is 0.640 bits per heavy atom. The van der Waals surface area contributed by atoms with E-state index in [1.165, 1.54) is 180 Å². The molecule has 18 atom stereocenters. The van der Waals surface area contributed by atoms with Crippen molar-refractivity contribution < 1.29 is 117 Å². The maximum absolute atomic E-state index is 14.4. The lowest BCUT2D eigenvalue weighted by atomic mass is 9.84. The molecule has 1 aliphatic carbocycles. The Bertz CT molecular complexity index is 2060. The minimum absolute atomic E-state index is 0.0324. The van der Waals surface area contributed by atoms with E-state index in [9.17, 15) is 74.9 Å². The molecular weight excluding hydrogens is 1320 g/mol. The fourth-order valence-corrected chi connectivity index (χ4v) is 14.4. The van der Waals surface area contributed by atoms with E-state index in [1.807, 2.05) is 0 Å². The van der Waals surface area contributed by atoms with Crippen LogP contribution in [0.3, 0.4) is 0 Å². The van der Waals surface area contributed by atoms with E-state index in [4.69, 9.17) is 42.2 Å². The number of rotatable bonds is 63. The lowest BCUT2D eigenvalue weighted by Crippen LogP contribution is -2.69. The van der Waals surface area contributed by atoms with Crippen LogP contribution in [0.5, 0.6) is 0 Å². The van der Waals surface area contributed by atoms with Gasteiger partial charge in [0.2, 0.25) is 0 Å². The lowest BCUT2D eigenvalue weighted by molar-refractivity contribution is -0.360. The first-order chi connectivity index (χ1) is 48.3. The number of carbonyl (C=O) groups excluding carboxylic acids is 3. The molecule has 0 aromatic heterocycles. The number of unbranched alkanes of at least 4 members (excludes halogenated alkanes) is 42. The molecule has 2 aliphatic heterocycles. The molecule has 590 valence electrons. The normalized spacial score (nSPS) is 27.3. The maximum Gasteiger partial charge on any atom is 0.472 e. The van der Waals surface area contributed by atoms with Crippen LogP contribution in [0.2, 0.25) is 0 Å². The Morgan fingerprint density at radius 3 is 0.980 bits per heavy atom. The number of hydrogen-bond donors (Lipinski definition) is 11. The van der Waals surface area contributed by atoms with Gasteiger partial charge in [0.25, 0.3) is 0 Å². The smallest absolute Gasteiger partial charge is 0.463 e. The number of carbonyl (C=O) groups is 3. The minimum atomic E-state index is -5.69. The van der Waals surface area contributed by atoms with Crippen molar-refractivity contribution in [2.24, 2.45) is 0 Å². The Balaban J connectivity index is 1.71. The Morgan fingerprint density at radius 1 is 0.350 bits per heavy atom. The predicted octanol–water partition coefficient (Wildman–Crippen LogP) is 11.7. The zero-order valence-electron chi connectivity index (χ0n) is 61.8. The van der Waals surface area contributed by atoms with Crippen LogP contribution in [0, 0.1) is 0 Å². The summed E-state index contributed by atoms with van der Waals surface area (Å²) in [6, 6.07) is 0. The van der Waals surface area contributed by atoms with Crippen LogP contribution in [0.1, 0.15) is 329 Å². The fourth-order valence-electron chi connectivity index (χ4n) is 13.4. The average Bonchev–Trinajstić information content (AvgIpc) is 0.762. The molecule has 100 heavy (non-hydrogen) atoms. The molecule has 2 heterocycles. The van der Waals surface area contributed by atoms with E-state index >= 15 is 0 Å². The van der Waals surface area contributed by atoms with E-state index in [-0.39, 0.29) is 19.3 Å². The Labute approximate surface area is 600 Å². The van der Waals surface area contributed by atoms with Crippen LogP contribution >= 0.6 is 7.82 Å². The van der Waals surface area contributed by atoms with Crippen molar-refractivity contribution in [3.05, 3.63) is 0 Å². The third-order valence-electron chi connectivity index (χ3n) is 19.9. The van der Waals surface area contributed by atoms with Crippen molar-refractivity contribution in [1.82, 2.24) is 0 Å². The highest BCUT2D eigenvalue weighted by molar-refractivity contribution is 7.47. The maximum atomic E-state index is 14.4. The van der Waals surface area contributed by atoms with Gasteiger partial charge in [-0.3, -0.25) is 23.4 Å². The molecule has 25 heteroatoms. The van der Waals surface area contributed by atoms with Crippen LogP contribution < -0.4 is 0 Å². The standard InChI is InChI=1S/C75H141O24P/c1-4-7-10-13-16-19-22-24-26-28-30-32-35-38-40-43-46-49-59(77)91-53-56(94-61(79)51-48-45-42-39-36-33-31-29-27-25-23-20-17-14-11-8-5-2)54-93-100(89,90)99-73-71(97-74-69(87)64(82)62(80)57(52-76)95-74)67(85)66(84)68(86)72(73)98-75-70(88)65(83)63(81)58(96-75)55-92-60(78)50-47-44-41-37-34-21-18-15-12-9-6-3/h56-58,62-76,80-88H,4-55H2,1-3H3,(H,89,90). The monoisotopic (exact) mass is 1460 g/mol. The number of hydrogen-bond acceptors (Lipinski definition) is 23. The first kappa shape index (κ1) is 92.2. The van der Waals surface area contributed by atoms with Gasteiger partial charge in [0.15, 0.2) is 18.7 Å². The summed E-state index contributed by atoms with van der Waals surface area (Å²) in [7, 11) is -5.69. The van der Waals surface area contributed by atoms with Crippen LogP contribution in [0.25, 0.3) is 0 Å². The van der Waals surface area contributed by atoms with Crippen LogP contribution in [-0.4, -0.2) is 204 Å². The second-order valence-electron chi connectivity index (χ2n) is 28.8. The molecule has 3 aliphatic rings. The van der Waals surface area contributed by atoms with Gasteiger partial charge in [0.05, 0.1) is 13.2 Å². The summed E-state index contributed by atoms with van der Waals surface area (Å²) in [6.07, 6.45) is 15.8. The SMILES string of the molecule is CCCCCCCCCCCCCCCCCCCC(=O)OCC(COP(=O)(O)OC1C(OC2OC(CO)C(O)C(O)C2O)C(O)C(O)C(O)C1OC1OC(COC(=O)CCCCCCCCCCCCC)C(O)C(O)C1O)OC(=O)CCCCCCCCCCCCCCCCCCC. The predicted molar refractivity (Wildman–Crippen MR) is 379 cm³/mol. The number of aliphatic hydroxyl groups is 10. The number of phosphoric acid groups is 1. The van der Waals surface area contributed by atoms with Gasteiger partial charge in [-0.25, -0.2) is 4.57 Å². The van der Waals surface area contributed by atoms with Crippen molar-refractivity contribution >= 4 is 25.7 Å². The number of aliphatic hydroxyl groups excluding tert-OH is 10. The molecule has 0 spiro atoms. The highest BCUT2D eigenvalue weighted by Crippen LogP contribution is 2.49. The highest BCUT2D eigenvalue weighted by atomic mass is 31.2. The molecule has 0 radical (unpaired) electrons. The molecule has 0 bridgehead atoms. The van der Waals surface area contributed by atoms with E-state index < -0.39 is 156 Å². The second-order valence-corrected chi connectivity index (χ2v) is 30.2. The topological polar surface area (TPSA) is 374 Å². The summed E-state index contributed by atoms with van der Waals surface area (Å²) >= 11 is 0. The Kier molecular flexibility index (Phi) is 52.7. The molecule has 0 aromatic carbocycles. The van der Waals surface area contributed by atoms with Gasteiger partial charge < -0.3 is 89.1 Å². The molecule has 18 unspecified atom stereocenters. The summed E-state index contributed by atoms with van der Waals surface area (Å²) in [5.41, 5.74) is 0. The minimum Gasteiger partial charge on any atom is -0.463 e. The lowest BCUT2D eigenvalue weighted by Gasteiger charge is -2.49. The van der Waals surface area contributed by atoms with Crippen LogP contribution in [0.15, 0.2) is 0 Å². The molecule has 0 amide bonds. The van der Waals surface area contributed by atoms with Crippen molar-refractivity contribution in [2.75, 3.05) is 26.4 Å². The third kappa shape index (κ3) is 39.5. The summed E-state index contributed by atoms with van der Waals surface area (Å²) in [5.74, 6) is -1.97. The summed E-state index contributed by atoms with van der Waals surface area (Å²) in [5, 5.41) is 110.